The van der Waals surface area contributed by atoms with Gasteiger partial charge in [-0.15, -0.1) is 10.2 Å². The number of hydrogen-bond donors (Lipinski definition) is 4. The number of fused-ring (bicyclic) bond motifs is 4. The van der Waals surface area contributed by atoms with Gasteiger partial charge in [-0.25, -0.2) is 0 Å². The van der Waals surface area contributed by atoms with Crippen molar-refractivity contribution in [2.75, 3.05) is 20.2 Å². The molecule has 0 saturated heterocycles. The zero-order valence-corrected chi connectivity index (χ0v) is 28.1. The minimum Gasteiger partial charge on any atom is -0.497 e. The van der Waals surface area contributed by atoms with Crippen LogP contribution in [0.15, 0.2) is 84.9 Å². The summed E-state index contributed by atoms with van der Waals surface area (Å²) < 4.78 is 7.60. The Hall–Kier alpha value is -4.97. The van der Waals surface area contributed by atoms with Crippen LogP contribution in [0.1, 0.15) is 53.5 Å². The standard InChI is InChI=1S/C37H37BClN5O5/c1-23-42-43-37-27(4-3-5-32(26-9-12-30(39)13-10-26)33-21-31(49-2)14-15-34(33)44(23)37)20-35(45)41-22-36(46)40-17-16-24-6-7-25-8-11-29(38(47)48)19-28(25)18-24/h5-15,18-19,21,27,47-48H,3-4,16-17,20,22H2,1-2H3,(H,40,46)(H,41,45)/b32-5-/t27-/m0/s1. The van der Waals surface area contributed by atoms with Crippen molar-refractivity contribution in [2.45, 2.75) is 38.5 Å². The SMILES string of the molecule is COc1ccc2c(c1)/C(c1ccc(Cl)cc1)=C\CC[C@@H](CC(=O)NCC(=O)NCCc1ccc3ccc(B(O)O)cc3c1)c1nnc(C)n1-2. The van der Waals surface area contributed by atoms with Gasteiger partial charge >= 0.3 is 7.12 Å². The highest BCUT2D eigenvalue weighted by Crippen LogP contribution is 2.38. The molecule has 0 fully saturated rings. The normalized spacial score (nSPS) is 15.1. The second kappa shape index (κ2) is 15.1. The lowest BCUT2D eigenvalue weighted by molar-refractivity contribution is -0.126. The molecule has 4 N–H and O–H groups in total. The molecule has 10 nitrogen and oxygen atoms in total. The second-order valence-corrected chi connectivity index (χ2v) is 12.6. The molecule has 1 aliphatic rings. The first-order chi connectivity index (χ1) is 23.7. The van der Waals surface area contributed by atoms with E-state index < -0.39 is 7.12 Å². The molecule has 1 atom stereocenters. The van der Waals surface area contributed by atoms with Crippen LogP contribution in [0.25, 0.3) is 22.0 Å². The molecule has 5 aromatic rings. The van der Waals surface area contributed by atoms with E-state index in [9.17, 15) is 19.6 Å². The molecule has 2 heterocycles. The molecule has 6 rings (SSSR count). The van der Waals surface area contributed by atoms with Crippen LogP contribution >= 0.6 is 11.6 Å². The number of nitrogens with one attached hydrogen (secondary N) is 2. The fourth-order valence-electron chi connectivity index (χ4n) is 6.27. The maximum absolute atomic E-state index is 13.2. The Balaban J connectivity index is 1.12. The van der Waals surface area contributed by atoms with Crippen molar-refractivity contribution in [2.24, 2.45) is 0 Å². The molecule has 1 aromatic heterocycles. The molecule has 12 heteroatoms. The Bertz CT molecular complexity index is 2030. The maximum Gasteiger partial charge on any atom is 0.488 e. The smallest absolute Gasteiger partial charge is 0.488 e. The number of rotatable bonds is 10. The zero-order chi connectivity index (χ0) is 34.5. The van der Waals surface area contributed by atoms with Gasteiger partial charge in [0.1, 0.15) is 17.4 Å². The number of amides is 2. The van der Waals surface area contributed by atoms with E-state index in [1.807, 2.05) is 78.2 Å². The van der Waals surface area contributed by atoms with E-state index in [1.165, 1.54) is 0 Å². The van der Waals surface area contributed by atoms with Crippen molar-refractivity contribution in [1.29, 1.82) is 0 Å². The first kappa shape index (κ1) is 33.9. The molecule has 0 unspecified atom stereocenters. The average molecular weight is 678 g/mol. The summed E-state index contributed by atoms with van der Waals surface area (Å²) in [5.41, 5.74) is 5.26. The van der Waals surface area contributed by atoms with Crippen molar-refractivity contribution < 1.29 is 24.4 Å². The third-order valence-electron chi connectivity index (χ3n) is 8.81. The predicted molar refractivity (Wildman–Crippen MR) is 191 cm³/mol. The van der Waals surface area contributed by atoms with Gasteiger partial charge in [0.05, 0.1) is 19.3 Å². The molecule has 0 radical (unpaired) electrons. The molecule has 250 valence electrons. The van der Waals surface area contributed by atoms with Gasteiger partial charge in [-0.05, 0) is 89.5 Å². The van der Waals surface area contributed by atoms with Gasteiger partial charge in [0, 0.05) is 29.5 Å². The van der Waals surface area contributed by atoms with Crippen LogP contribution in [0.3, 0.4) is 0 Å². The molecule has 0 bridgehead atoms. The Morgan fingerprint density at radius 1 is 0.959 bits per heavy atom. The number of aryl methyl sites for hydroxylation is 1. The Morgan fingerprint density at radius 2 is 1.76 bits per heavy atom. The molecule has 0 saturated carbocycles. The number of hydrogen-bond acceptors (Lipinski definition) is 7. The van der Waals surface area contributed by atoms with E-state index >= 15 is 0 Å². The number of benzene rings is 4. The van der Waals surface area contributed by atoms with Crippen LogP contribution in [0.4, 0.5) is 0 Å². The number of methoxy groups -OCH3 is 1. The lowest BCUT2D eigenvalue weighted by atomic mass is 9.79. The van der Waals surface area contributed by atoms with Gasteiger partial charge in [-0.3, -0.25) is 14.2 Å². The van der Waals surface area contributed by atoms with Crippen molar-refractivity contribution >= 4 is 52.3 Å². The van der Waals surface area contributed by atoms with Crippen molar-refractivity contribution in [3.8, 4) is 11.4 Å². The maximum atomic E-state index is 13.2. The summed E-state index contributed by atoms with van der Waals surface area (Å²) in [5, 5.41) is 36.1. The largest absolute Gasteiger partial charge is 0.497 e. The molecular formula is C37H37BClN5O5. The van der Waals surface area contributed by atoms with Crippen molar-refractivity contribution in [1.82, 2.24) is 25.4 Å². The van der Waals surface area contributed by atoms with Gasteiger partial charge < -0.3 is 25.4 Å². The van der Waals surface area contributed by atoms with E-state index in [2.05, 4.69) is 26.9 Å². The summed E-state index contributed by atoms with van der Waals surface area (Å²) in [6, 6.07) is 24.8. The topological polar surface area (TPSA) is 139 Å². The molecule has 4 aromatic carbocycles. The quantitative estimate of drug-likeness (QED) is 0.162. The highest BCUT2D eigenvalue weighted by molar-refractivity contribution is 6.58. The van der Waals surface area contributed by atoms with Crippen LogP contribution < -0.4 is 20.8 Å². The van der Waals surface area contributed by atoms with Gasteiger partial charge in [-0.2, -0.15) is 0 Å². The van der Waals surface area contributed by atoms with E-state index in [4.69, 9.17) is 16.3 Å². The lowest BCUT2D eigenvalue weighted by Gasteiger charge is -2.19. The third kappa shape index (κ3) is 7.86. The number of carbonyl (C=O) groups is 2. The minimum absolute atomic E-state index is 0.142. The third-order valence-corrected chi connectivity index (χ3v) is 9.06. The van der Waals surface area contributed by atoms with Crippen LogP contribution in [0.2, 0.25) is 5.02 Å². The summed E-state index contributed by atoms with van der Waals surface area (Å²) in [6.45, 7) is 2.14. The molecule has 2 amide bonds. The molecule has 0 spiro atoms. The van der Waals surface area contributed by atoms with E-state index in [0.29, 0.717) is 53.7 Å². The van der Waals surface area contributed by atoms with Crippen molar-refractivity contribution in [3.05, 3.63) is 118 Å². The summed E-state index contributed by atoms with van der Waals surface area (Å²) >= 11 is 6.21. The van der Waals surface area contributed by atoms with Gasteiger partial charge in [0.2, 0.25) is 11.8 Å². The van der Waals surface area contributed by atoms with Crippen LogP contribution in [-0.4, -0.2) is 63.9 Å². The number of halogens is 1. The van der Waals surface area contributed by atoms with Crippen LogP contribution in [0, 0.1) is 6.92 Å². The highest BCUT2D eigenvalue weighted by Gasteiger charge is 2.27. The van der Waals surface area contributed by atoms with Crippen molar-refractivity contribution in [3.63, 3.8) is 0 Å². The fourth-order valence-corrected chi connectivity index (χ4v) is 6.40. The summed E-state index contributed by atoms with van der Waals surface area (Å²) in [5.74, 6) is 1.31. The van der Waals surface area contributed by atoms with Gasteiger partial charge in [0.25, 0.3) is 0 Å². The zero-order valence-electron chi connectivity index (χ0n) is 27.3. The average Bonchev–Trinajstić information content (AvgIpc) is 3.51. The molecule has 0 aliphatic carbocycles. The lowest BCUT2D eigenvalue weighted by Crippen LogP contribution is -2.38. The molecular weight excluding hydrogens is 641 g/mol. The van der Waals surface area contributed by atoms with E-state index in [1.54, 1.807) is 19.2 Å². The number of nitrogens with zero attached hydrogens (tertiary/aromatic N) is 3. The highest BCUT2D eigenvalue weighted by atomic mass is 35.5. The Kier molecular flexibility index (Phi) is 10.4. The number of allylic oxidation sites excluding steroid dienone is 1. The summed E-state index contributed by atoms with van der Waals surface area (Å²) in [6.07, 6.45) is 4.22. The Labute approximate surface area is 289 Å². The Morgan fingerprint density at radius 3 is 2.53 bits per heavy atom. The second-order valence-electron chi connectivity index (χ2n) is 12.1. The molecule has 1 aliphatic heterocycles. The number of aromatic nitrogens is 3. The van der Waals surface area contributed by atoms with Crippen LogP contribution in [0.5, 0.6) is 5.75 Å². The number of ether oxygens (including phenoxy) is 1. The first-order valence-corrected chi connectivity index (χ1v) is 16.6. The summed E-state index contributed by atoms with van der Waals surface area (Å²) in [7, 11) is 0.104. The fraction of sp³-hybridized carbons (Fsp3) is 0.243. The van der Waals surface area contributed by atoms with Crippen LogP contribution in [-0.2, 0) is 16.0 Å². The van der Waals surface area contributed by atoms with E-state index in [-0.39, 0.29) is 30.7 Å². The monoisotopic (exact) mass is 677 g/mol. The predicted octanol–water partition coefficient (Wildman–Crippen LogP) is 4.25. The summed E-state index contributed by atoms with van der Waals surface area (Å²) in [4.78, 5) is 25.9. The van der Waals surface area contributed by atoms with Gasteiger partial charge in [-0.1, -0.05) is 66.2 Å². The molecule has 49 heavy (non-hydrogen) atoms. The van der Waals surface area contributed by atoms with E-state index in [0.717, 1.165) is 38.7 Å². The minimum atomic E-state index is -1.53. The number of carbonyl (C=O) groups excluding carboxylic acids is 2. The van der Waals surface area contributed by atoms with Gasteiger partial charge in [0.15, 0.2) is 0 Å². The first-order valence-electron chi connectivity index (χ1n) is 16.2.